The van der Waals surface area contributed by atoms with Crippen molar-refractivity contribution in [3.05, 3.63) is 29.8 Å². The molecule has 3 N–H and O–H groups in total. The van der Waals surface area contributed by atoms with Crippen molar-refractivity contribution in [3.8, 4) is 5.75 Å². The second-order valence-electron chi connectivity index (χ2n) is 7.61. The molecule has 148 valence electrons. The predicted molar refractivity (Wildman–Crippen MR) is 108 cm³/mol. The van der Waals surface area contributed by atoms with Crippen molar-refractivity contribution in [3.63, 3.8) is 0 Å². The third kappa shape index (κ3) is 5.62. The van der Waals surface area contributed by atoms with E-state index in [4.69, 9.17) is 0 Å². The molecule has 2 aliphatic rings. The Kier molecular flexibility index (Phi) is 6.96. The summed E-state index contributed by atoms with van der Waals surface area (Å²) in [7, 11) is 0. The minimum absolute atomic E-state index is 0.244. The van der Waals surface area contributed by atoms with Gasteiger partial charge in [-0.2, -0.15) is 0 Å². The van der Waals surface area contributed by atoms with Gasteiger partial charge in [-0.3, -0.25) is 4.79 Å². The number of amides is 1. The van der Waals surface area contributed by atoms with Crippen molar-refractivity contribution in [1.29, 1.82) is 0 Å². The van der Waals surface area contributed by atoms with Gasteiger partial charge < -0.3 is 20.6 Å². The highest BCUT2D eigenvalue weighted by atomic mass is 16.3. The van der Waals surface area contributed by atoms with Gasteiger partial charge in [0.2, 0.25) is 5.91 Å². The van der Waals surface area contributed by atoms with E-state index in [1.807, 2.05) is 24.0 Å². The molecule has 6 nitrogen and oxygen atoms in total. The SMILES string of the molecule is CCNC(=NCc1ccc(O)cc1)NC1CCN(C(=O)C2CCCCC2)C1. The number of phenols is 1. The lowest BCUT2D eigenvalue weighted by molar-refractivity contribution is -0.135. The van der Waals surface area contributed by atoms with E-state index in [9.17, 15) is 9.90 Å². The van der Waals surface area contributed by atoms with Gasteiger partial charge in [-0.25, -0.2) is 4.99 Å². The van der Waals surface area contributed by atoms with Gasteiger partial charge in [0.1, 0.15) is 5.75 Å². The Bertz CT molecular complexity index is 638. The lowest BCUT2D eigenvalue weighted by Crippen LogP contribution is -2.45. The molecular formula is C21H32N4O2. The summed E-state index contributed by atoms with van der Waals surface area (Å²) in [5, 5.41) is 16.1. The van der Waals surface area contributed by atoms with Gasteiger partial charge in [-0.05, 0) is 43.9 Å². The molecule has 2 fully saturated rings. The molecule has 27 heavy (non-hydrogen) atoms. The number of guanidine groups is 1. The number of benzene rings is 1. The minimum atomic E-state index is 0.244. The van der Waals surface area contributed by atoms with Crippen molar-refractivity contribution in [1.82, 2.24) is 15.5 Å². The third-order valence-corrected chi connectivity index (χ3v) is 5.50. The molecular weight excluding hydrogens is 340 g/mol. The number of phenolic OH excluding ortho intramolecular Hbond substituents is 1. The number of aromatic hydroxyl groups is 1. The molecule has 0 bridgehead atoms. The van der Waals surface area contributed by atoms with Crippen LogP contribution in [0.5, 0.6) is 5.75 Å². The first-order valence-electron chi connectivity index (χ1n) is 10.3. The number of carbonyl (C=O) groups is 1. The average Bonchev–Trinajstić information content (AvgIpc) is 3.16. The van der Waals surface area contributed by atoms with E-state index in [0.717, 1.165) is 50.4 Å². The monoisotopic (exact) mass is 372 g/mol. The fourth-order valence-electron chi connectivity index (χ4n) is 3.97. The lowest BCUT2D eigenvalue weighted by Gasteiger charge is -2.26. The number of aliphatic imine (C=N–C) groups is 1. The molecule has 1 amide bonds. The van der Waals surface area contributed by atoms with Gasteiger partial charge >= 0.3 is 0 Å². The fraction of sp³-hybridized carbons (Fsp3) is 0.619. The Morgan fingerprint density at radius 3 is 2.63 bits per heavy atom. The number of hydrogen-bond donors (Lipinski definition) is 3. The van der Waals surface area contributed by atoms with Crippen LogP contribution in [0, 0.1) is 5.92 Å². The fourth-order valence-corrected chi connectivity index (χ4v) is 3.97. The quantitative estimate of drug-likeness (QED) is 0.549. The molecule has 1 unspecified atom stereocenters. The van der Waals surface area contributed by atoms with Crippen molar-refractivity contribution < 1.29 is 9.90 Å². The van der Waals surface area contributed by atoms with Crippen LogP contribution in [0.4, 0.5) is 0 Å². The van der Waals surface area contributed by atoms with Crippen LogP contribution in [0.25, 0.3) is 0 Å². The Hall–Kier alpha value is -2.24. The largest absolute Gasteiger partial charge is 0.508 e. The summed E-state index contributed by atoms with van der Waals surface area (Å²) in [6, 6.07) is 7.36. The van der Waals surface area contributed by atoms with Gasteiger partial charge in [0.25, 0.3) is 0 Å². The highest BCUT2D eigenvalue weighted by Gasteiger charge is 2.31. The summed E-state index contributed by atoms with van der Waals surface area (Å²) in [5.74, 6) is 1.64. The van der Waals surface area contributed by atoms with Gasteiger partial charge in [0.05, 0.1) is 6.54 Å². The summed E-state index contributed by atoms with van der Waals surface area (Å²) >= 11 is 0. The highest BCUT2D eigenvalue weighted by Crippen LogP contribution is 2.26. The number of carbonyl (C=O) groups excluding carboxylic acids is 1. The zero-order valence-corrected chi connectivity index (χ0v) is 16.3. The summed E-state index contributed by atoms with van der Waals surface area (Å²) in [6.45, 7) is 4.99. The van der Waals surface area contributed by atoms with Crippen LogP contribution >= 0.6 is 0 Å². The summed E-state index contributed by atoms with van der Waals surface area (Å²) < 4.78 is 0. The molecule has 6 heteroatoms. The molecule has 1 aromatic rings. The summed E-state index contributed by atoms with van der Waals surface area (Å²) in [4.78, 5) is 19.4. The van der Waals surface area contributed by atoms with E-state index in [0.29, 0.717) is 12.5 Å². The van der Waals surface area contributed by atoms with E-state index in [-0.39, 0.29) is 17.7 Å². The van der Waals surface area contributed by atoms with E-state index in [2.05, 4.69) is 15.6 Å². The maximum Gasteiger partial charge on any atom is 0.225 e. The maximum atomic E-state index is 12.7. The van der Waals surface area contributed by atoms with Crippen LogP contribution in [0.1, 0.15) is 51.0 Å². The Labute approximate surface area is 162 Å². The van der Waals surface area contributed by atoms with Crippen LogP contribution in [0.3, 0.4) is 0 Å². The molecule has 0 radical (unpaired) electrons. The Balaban J connectivity index is 1.52. The van der Waals surface area contributed by atoms with Crippen molar-refractivity contribution >= 4 is 11.9 Å². The van der Waals surface area contributed by atoms with Crippen LogP contribution in [-0.2, 0) is 11.3 Å². The molecule has 0 spiro atoms. The predicted octanol–water partition coefficient (Wildman–Crippen LogP) is 2.63. The molecule has 3 rings (SSSR count). The lowest BCUT2D eigenvalue weighted by atomic mass is 9.88. The molecule has 1 heterocycles. The maximum absolute atomic E-state index is 12.7. The smallest absolute Gasteiger partial charge is 0.225 e. The van der Waals surface area contributed by atoms with Gasteiger partial charge in [-0.15, -0.1) is 0 Å². The Morgan fingerprint density at radius 2 is 1.93 bits per heavy atom. The molecule has 1 aromatic carbocycles. The number of rotatable bonds is 5. The molecule has 0 aromatic heterocycles. The van der Waals surface area contributed by atoms with Crippen LogP contribution in [0.2, 0.25) is 0 Å². The number of nitrogens with zero attached hydrogens (tertiary/aromatic N) is 2. The third-order valence-electron chi connectivity index (χ3n) is 5.50. The van der Waals surface area contributed by atoms with Gasteiger partial charge in [0, 0.05) is 31.6 Å². The minimum Gasteiger partial charge on any atom is -0.508 e. The second kappa shape index (κ2) is 9.62. The van der Waals surface area contributed by atoms with E-state index in [1.165, 1.54) is 19.3 Å². The topological polar surface area (TPSA) is 77.0 Å². The second-order valence-corrected chi connectivity index (χ2v) is 7.61. The van der Waals surface area contributed by atoms with E-state index < -0.39 is 0 Å². The number of hydrogen-bond acceptors (Lipinski definition) is 3. The summed E-state index contributed by atoms with van der Waals surface area (Å²) in [5.41, 5.74) is 1.05. The van der Waals surface area contributed by atoms with Crippen molar-refractivity contribution in [2.75, 3.05) is 19.6 Å². The zero-order chi connectivity index (χ0) is 19.1. The van der Waals surface area contributed by atoms with Crippen LogP contribution in [0.15, 0.2) is 29.3 Å². The van der Waals surface area contributed by atoms with Crippen LogP contribution < -0.4 is 10.6 Å². The molecule has 1 atom stereocenters. The first kappa shape index (κ1) is 19.5. The first-order valence-corrected chi connectivity index (χ1v) is 10.3. The molecule has 1 aliphatic heterocycles. The summed E-state index contributed by atoms with van der Waals surface area (Å²) in [6.07, 6.45) is 6.74. The van der Waals surface area contributed by atoms with Gasteiger partial charge in [0.15, 0.2) is 5.96 Å². The normalized spacial score (nSPS) is 21.3. The van der Waals surface area contributed by atoms with Gasteiger partial charge in [-0.1, -0.05) is 31.4 Å². The standard InChI is InChI=1S/C21H32N4O2/c1-2-22-21(23-14-16-8-10-19(26)11-9-16)24-18-12-13-25(15-18)20(27)17-6-4-3-5-7-17/h8-11,17-18,26H,2-7,12-15H2,1H3,(H2,22,23,24). The zero-order valence-electron chi connectivity index (χ0n) is 16.3. The van der Waals surface area contributed by atoms with E-state index >= 15 is 0 Å². The highest BCUT2D eigenvalue weighted by molar-refractivity contribution is 5.81. The number of likely N-dealkylation sites (tertiary alicyclic amines) is 1. The van der Waals surface area contributed by atoms with E-state index in [1.54, 1.807) is 12.1 Å². The first-order chi connectivity index (χ1) is 13.2. The average molecular weight is 373 g/mol. The van der Waals surface area contributed by atoms with Crippen molar-refractivity contribution in [2.24, 2.45) is 10.9 Å². The Morgan fingerprint density at radius 1 is 1.19 bits per heavy atom. The number of nitrogens with one attached hydrogen (secondary N) is 2. The molecule has 1 aliphatic carbocycles. The molecule has 1 saturated heterocycles. The van der Waals surface area contributed by atoms with Crippen LogP contribution in [-0.4, -0.2) is 47.5 Å². The molecule has 1 saturated carbocycles. The van der Waals surface area contributed by atoms with Crippen molar-refractivity contribution in [2.45, 2.75) is 58.0 Å².